The highest BCUT2D eigenvalue weighted by atomic mass is 16.3. The molecule has 0 radical (unpaired) electrons. The summed E-state index contributed by atoms with van der Waals surface area (Å²) in [5.74, 6) is 0. The zero-order valence-corrected chi connectivity index (χ0v) is 10.8. The van der Waals surface area contributed by atoms with Crippen LogP contribution in [0.25, 0.3) is 11.0 Å². The largest absolute Gasteiger partial charge is 0.391 e. The lowest BCUT2D eigenvalue weighted by Crippen LogP contribution is -2.29. The van der Waals surface area contributed by atoms with Gasteiger partial charge in [-0.05, 0) is 25.5 Å². The van der Waals surface area contributed by atoms with E-state index in [2.05, 4.69) is 4.98 Å². The van der Waals surface area contributed by atoms with Gasteiger partial charge in [0.15, 0.2) is 0 Å². The van der Waals surface area contributed by atoms with Crippen molar-refractivity contribution in [2.75, 3.05) is 0 Å². The van der Waals surface area contributed by atoms with E-state index in [1.54, 1.807) is 11.5 Å². The molecule has 1 aromatic carbocycles. The molecule has 2 rings (SSSR count). The zero-order valence-electron chi connectivity index (χ0n) is 10.8. The first kappa shape index (κ1) is 12.8. The van der Waals surface area contributed by atoms with Crippen LogP contribution in [-0.2, 0) is 6.54 Å². The van der Waals surface area contributed by atoms with Crippen molar-refractivity contribution in [2.24, 2.45) is 0 Å². The summed E-state index contributed by atoms with van der Waals surface area (Å²) in [5, 5.41) is 9.90. The van der Waals surface area contributed by atoms with E-state index in [-0.39, 0.29) is 5.56 Å². The number of benzene rings is 1. The fourth-order valence-electron chi connectivity index (χ4n) is 2.14. The molecule has 0 saturated carbocycles. The van der Waals surface area contributed by atoms with Crippen molar-refractivity contribution < 1.29 is 5.11 Å². The van der Waals surface area contributed by atoms with Crippen molar-refractivity contribution in [1.29, 1.82) is 0 Å². The van der Waals surface area contributed by atoms with Gasteiger partial charge < -0.3 is 9.67 Å². The van der Waals surface area contributed by atoms with Crippen LogP contribution in [0.1, 0.15) is 25.5 Å². The maximum atomic E-state index is 12.1. The van der Waals surface area contributed by atoms with Crippen LogP contribution >= 0.6 is 0 Å². The van der Waals surface area contributed by atoms with Gasteiger partial charge in [0, 0.05) is 0 Å². The van der Waals surface area contributed by atoms with Gasteiger partial charge in [0.05, 0.1) is 23.7 Å². The molecule has 0 aliphatic heterocycles. The summed E-state index contributed by atoms with van der Waals surface area (Å²) in [7, 11) is 0. The molecule has 18 heavy (non-hydrogen) atoms. The fraction of sp³-hybridized carbons (Fsp3) is 0.429. The molecule has 0 amide bonds. The Hall–Kier alpha value is -1.68. The third-order valence-electron chi connectivity index (χ3n) is 3.03. The summed E-state index contributed by atoms with van der Waals surface area (Å²) in [6, 6.07) is 7.51. The number of rotatable bonds is 4. The number of aliphatic hydroxyl groups is 1. The van der Waals surface area contributed by atoms with E-state index in [0.717, 1.165) is 17.5 Å². The Bertz CT molecular complexity index is 604. The summed E-state index contributed by atoms with van der Waals surface area (Å²) in [6.07, 6.45) is 1.11. The number of hydrogen-bond acceptors (Lipinski definition) is 3. The monoisotopic (exact) mass is 246 g/mol. The summed E-state index contributed by atoms with van der Waals surface area (Å²) in [5.41, 5.74) is 1.92. The topological polar surface area (TPSA) is 55.1 Å². The second-order valence-corrected chi connectivity index (χ2v) is 4.54. The van der Waals surface area contributed by atoms with Crippen molar-refractivity contribution in [3.05, 3.63) is 40.3 Å². The molecule has 0 fully saturated rings. The van der Waals surface area contributed by atoms with Gasteiger partial charge in [-0.1, -0.05) is 25.5 Å². The highest BCUT2D eigenvalue weighted by Crippen LogP contribution is 2.11. The predicted molar refractivity (Wildman–Crippen MR) is 71.7 cm³/mol. The van der Waals surface area contributed by atoms with Gasteiger partial charge >= 0.3 is 0 Å². The number of nitrogens with zero attached hydrogens (tertiary/aromatic N) is 2. The number of aryl methyl sites for hydroxylation is 1. The molecule has 1 unspecified atom stereocenters. The Morgan fingerprint density at radius 2 is 2.11 bits per heavy atom. The zero-order chi connectivity index (χ0) is 13.1. The minimum atomic E-state index is -0.488. The maximum absolute atomic E-state index is 12.1. The minimum absolute atomic E-state index is 0.121. The molecule has 1 heterocycles. The van der Waals surface area contributed by atoms with Gasteiger partial charge in [-0.25, -0.2) is 4.98 Å². The van der Waals surface area contributed by atoms with Crippen LogP contribution in [0.5, 0.6) is 0 Å². The summed E-state index contributed by atoms with van der Waals surface area (Å²) >= 11 is 0. The molecule has 0 saturated heterocycles. The Kier molecular flexibility index (Phi) is 3.77. The van der Waals surface area contributed by atoms with Crippen LogP contribution in [0.2, 0.25) is 0 Å². The van der Waals surface area contributed by atoms with Gasteiger partial charge in [-0.15, -0.1) is 0 Å². The number of para-hydroxylation sites is 2. The van der Waals surface area contributed by atoms with Gasteiger partial charge in [-0.3, -0.25) is 4.79 Å². The molecule has 1 N–H and O–H groups in total. The van der Waals surface area contributed by atoms with E-state index in [1.165, 1.54) is 0 Å². The van der Waals surface area contributed by atoms with Crippen molar-refractivity contribution in [3.63, 3.8) is 0 Å². The van der Waals surface area contributed by atoms with Gasteiger partial charge in [-0.2, -0.15) is 0 Å². The molecule has 0 aliphatic carbocycles. The standard InChI is InChI=1S/C14H18N2O2/c1-3-6-11(17)9-16-13-8-5-4-7-12(13)15-10(2)14(16)18/h4-5,7-8,11,17H,3,6,9H2,1-2H3. The summed E-state index contributed by atoms with van der Waals surface area (Å²) in [6.45, 7) is 4.05. The Balaban J connectivity index is 2.53. The normalized spacial score (nSPS) is 12.8. The predicted octanol–water partition coefficient (Wildman–Crippen LogP) is 1.87. The lowest BCUT2D eigenvalue weighted by atomic mass is 10.2. The van der Waals surface area contributed by atoms with E-state index in [9.17, 15) is 9.90 Å². The quantitative estimate of drug-likeness (QED) is 0.896. The smallest absolute Gasteiger partial charge is 0.272 e. The SMILES string of the molecule is CCCC(O)Cn1c(=O)c(C)nc2ccccc21. The van der Waals surface area contributed by atoms with Crippen molar-refractivity contribution in [2.45, 2.75) is 39.3 Å². The molecule has 96 valence electrons. The van der Waals surface area contributed by atoms with E-state index in [1.807, 2.05) is 31.2 Å². The van der Waals surface area contributed by atoms with Crippen molar-refractivity contribution >= 4 is 11.0 Å². The van der Waals surface area contributed by atoms with Crippen LogP contribution in [0.3, 0.4) is 0 Å². The number of fused-ring (bicyclic) bond motifs is 1. The third-order valence-corrected chi connectivity index (χ3v) is 3.03. The summed E-state index contributed by atoms with van der Waals surface area (Å²) < 4.78 is 1.62. The average Bonchev–Trinajstić information content (AvgIpc) is 2.35. The molecule has 0 spiro atoms. The number of hydrogen-bond donors (Lipinski definition) is 1. The first-order valence-corrected chi connectivity index (χ1v) is 6.27. The van der Waals surface area contributed by atoms with Crippen LogP contribution < -0.4 is 5.56 Å². The van der Waals surface area contributed by atoms with Crippen molar-refractivity contribution in [1.82, 2.24) is 9.55 Å². The molecule has 0 bridgehead atoms. The molecule has 2 aromatic rings. The molecule has 0 aliphatic rings. The Morgan fingerprint density at radius 1 is 1.39 bits per heavy atom. The van der Waals surface area contributed by atoms with Crippen LogP contribution in [0, 0.1) is 6.92 Å². The maximum Gasteiger partial charge on any atom is 0.272 e. The second-order valence-electron chi connectivity index (χ2n) is 4.54. The van der Waals surface area contributed by atoms with Crippen LogP contribution in [-0.4, -0.2) is 20.8 Å². The lowest BCUT2D eigenvalue weighted by Gasteiger charge is -2.14. The molecule has 1 aromatic heterocycles. The third kappa shape index (κ3) is 2.43. The lowest BCUT2D eigenvalue weighted by molar-refractivity contribution is 0.143. The fourth-order valence-corrected chi connectivity index (χ4v) is 2.14. The van der Waals surface area contributed by atoms with Crippen LogP contribution in [0.4, 0.5) is 0 Å². The highest BCUT2D eigenvalue weighted by molar-refractivity contribution is 5.74. The van der Waals surface area contributed by atoms with Crippen LogP contribution in [0.15, 0.2) is 29.1 Å². The first-order chi connectivity index (χ1) is 8.63. The minimum Gasteiger partial charge on any atom is -0.391 e. The van der Waals surface area contributed by atoms with E-state index >= 15 is 0 Å². The van der Waals surface area contributed by atoms with E-state index in [0.29, 0.717) is 18.7 Å². The summed E-state index contributed by atoms with van der Waals surface area (Å²) in [4.78, 5) is 16.4. The first-order valence-electron chi connectivity index (χ1n) is 6.27. The van der Waals surface area contributed by atoms with E-state index in [4.69, 9.17) is 0 Å². The van der Waals surface area contributed by atoms with Gasteiger partial charge in [0.1, 0.15) is 5.69 Å². The van der Waals surface area contributed by atoms with Crippen molar-refractivity contribution in [3.8, 4) is 0 Å². The van der Waals surface area contributed by atoms with Gasteiger partial charge in [0.2, 0.25) is 0 Å². The molecular formula is C14H18N2O2. The molecule has 1 atom stereocenters. The molecule has 4 nitrogen and oxygen atoms in total. The number of aliphatic hydroxyl groups excluding tert-OH is 1. The number of aromatic nitrogens is 2. The highest BCUT2D eigenvalue weighted by Gasteiger charge is 2.11. The Labute approximate surface area is 106 Å². The Morgan fingerprint density at radius 3 is 2.83 bits per heavy atom. The van der Waals surface area contributed by atoms with E-state index < -0.39 is 6.10 Å². The average molecular weight is 246 g/mol. The van der Waals surface area contributed by atoms with Gasteiger partial charge in [0.25, 0.3) is 5.56 Å². The second kappa shape index (κ2) is 5.31. The molecular weight excluding hydrogens is 228 g/mol. The molecule has 4 heteroatoms.